The summed E-state index contributed by atoms with van der Waals surface area (Å²) in [5, 5.41) is 0. The van der Waals surface area contributed by atoms with Crippen molar-refractivity contribution < 1.29 is 28.5 Å². The van der Waals surface area contributed by atoms with Gasteiger partial charge >= 0.3 is 5.97 Å². The Morgan fingerprint density at radius 2 is 1.58 bits per heavy atom. The average Bonchev–Trinajstić information content (AvgIpc) is 3.35. The van der Waals surface area contributed by atoms with Crippen molar-refractivity contribution in [2.45, 2.75) is 19.8 Å². The summed E-state index contributed by atoms with van der Waals surface area (Å²) in [6, 6.07) is 20.6. The predicted molar refractivity (Wildman–Crippen MR) is 137 cm³/mol. The molecule has 1 aliphatic rings. The highest BCUT2D eigenvalue weighted by Crippen LogP contribution is 2.34. The van der Waals surface area contributed by atoms with E-state index in [-0.39, 0.29) is 18.7 Å². The van der Waals surface area contributed by atoms with Crippen LogP contribution in [0.15, 0.2) is 66.7 Å². The van der Waals surface area contributed by atoms with E-state index in [2.05, 4.69) is 0 Å². The molecule has 1 aliphatic heterocycles. The first-order valence-electron chi connectivity index (χ1n) is 11.8. The molecule has 3 aromatic rings. The number of hydrogen-bond donors (Lipinski definition) is 0. The summed E-state index contributed by atoms with van der Waals surface area (Å²) in [7, 11) is 3.45. The van der Waals surface area contributed by atoms with Crippen LogP contribution in [0.2, 0.25) is 0 Å². The smallest absolute Gasteiger partial charge is 0.306 e. The number of amides is 1. The maximum atomic E-state index is 13.0. The van der Waals surface area contributed by atoms with Crippen molar-refractivity contribution in [3.63, 3.8) is 0 Å². The summed E-state index contributed by atoms with van der Waals surface area (Å²) in [5.41, 5.74) is 3.20. The van der Waals surface area contributed by atoms with E-state index in [0.29, 0.717) is 48.0 Å². The molecule has 0 N–H and O–H groups in total. The maximum Gasteiger partial charge on any atom is 0.306 e. The van der Waals surface area contributed by atoms with Gasteiger partial charge in [-0.3, -0.25) is 9.59 Å². The zero-order chi connectivity index (χ0) is 25.5. The number of ether oxygens (including phenoxy) is 4. The molecule has 7 heteroatoms. The number of rotatable bonds is 9. The topological polar surface area (TPSA) is 74.3 Å². The number of likely N-dealkylation sites (N-methyl/N-ethyl adjacent to an activating group) is 1. The molecule has 7 nitrogen and oxygen atoms in total. The van der Waals surface area contributed by atoms with Gasteiger partial charge in [-0.1, -0.05) is 30.3 Å². The third-order valence-corrected chi connectivity index (χ3v) is 5.59. The molecule has 0 unspecified atom stereocenters. The van der Waals surface area contributed by atoms with Crippen LogP contribution < -0.4 is 14.2 Å². The molecule has 0 bridgehead atoms. The van der Waals surface area contributed by atoms with Crippen molar-refractivity contribution in [1.29, 1.82) is 0 Å². The van der Waals surface area contributed by atoms with E-state index in [0.717, 1.165) is 16.7 Å². The maximum absolute atomic E-state index is 13.0. The molecule has 1 heterocycles. The first-order valence-corrected chi connectivity index (χ1v) is 11.8. The quantitative estimate of drug-likeness (QED) is 0.231. The first kappa shape index (κ1) is 24.9. The molecule has 0 radical (unpaired) electrons. The zero-order valence-electron chi connectivity index (χ0n) is 20.7. The SMILES string of the molecule is CCOC(=O)CCc1ccc(Oc2ccc(/C(=C\c3ccc4c(c3)OCO4)C(=O)N(C)C)cc2)cc1. The number of aryl methyl sites for hydroxylation is 1. The van der Waals surface area contributed by atoms with Gasteiger partial charge in [0.2, 0.25) is 6.79 Å². The molecule has 1 amide bonds. The fourth-order valence-electron chi connectivity index (χ4n) is 3.72. The molecular formula is C29H29NO6. The van der Waals surface area contributed by atoms with E-state index in [4.69, 9.17) is 18.9 Å². The molecule has 0 saturated heterocycles. The van der Waals surface area contributed by atoms with E-state index in [1.54, 1.807) is 25.9 Å². The standard InChI is InChI=1S/C29H29NO6/c1-4-33-28(31)16-8-20-5-11-23(12-6-20)36-24-13-9-22(10-14-24)25(29(32)30(2)3)17-21-7-15-26-27(18-21)35-19-34-26/h5-7,9-15,17-18H,4,8,16,19H2,1-3H3/b25-17+. The Kier molecular flexibility index (Phi) is 7.90. The lowest BCUT2D eigenvalue weighted by Gasteiger charge is -2.15. The van der Waals surface area contributed by atoms with Gasteiger partial charge in [0, 0.05) is 26.1 Å². The van der Waals surface area contributed by atoms with Gasteiger partial charge in [0.05, 0.1) is 6.61 Å². The molecule has 36 heavy (non-hydrogen) atoms. The van der Waals surface area contributed by atoms with E-state index in [9.17, 15) is 9.59 Å². The lowest BCUT2D eigenvalue weighted by atomic mass is 10.0. The van der Waals surface area contributed by atoms with Crippen LogP contribution in [0.1, 0.15) is 30.0 Å². The van der Waals surface area contributed by atoms with Crippen molar-refractivity contribution >= 4 is 23.5 Å². The summed E-state index contributed by atoms with van der Waals surface area (Å²) in [6.07, 6.45) is 2.81. The second-order valence-electron chi connectivity index (χ2n) is 8.45. The summed E-state index contributed by atoms with van der Waals surface area (Å²) in [4.78, 5) is 26.1. The van der Waals surface area contributed by atoms with Crippen LogP contribution in [0, 0.1) is 0 Å². The fraction of sp³-hybridized carbons (Fsp3) is 0.241. The van der Waals surface area contributed by atoms with Crippen LogP contribution in [-0.4, -0.2) is 44.3 Å². The van der Waals surface area contributed by atoms with E-state index in [1.165, 1.54) is 0 Å². The molecule has 0 saturated carbocycles. The number of nitrogens with zero attached hydrogens (tertiary/aromatic N) is 1. The largest absolute Gasteiger partial charge is 0.466 e. The number of fused-ring (bicyclic) bond motifs is 1. The minimum atomic E-state index is -0.197. The van der Waals surface area contributed by atoms with E-state index in [1.807, 2.05) is 72.8 Å². The van der Waals surface area contributed by atoms with Crippen molar-refractivity contribution in [3.05, 3.63) is 83.4 Å². The van der Waals surface area contributed by atoms with Crippen LogP contribution in [-0.2, 0) is 20.7 Å². The number of carbonyl (C=O) groups is 2. The van der Waals surface area contributed by atoms with Gasteiger partial charge in [0.25, 0.3) is 5.91 Å². The Balaban J connectivity index is 1.47. The second kappa shape index (κ2) is 11.4. The zero-order valence-corrected chi connectivity index (χ0v) is 20.7. The van der Waals surface area contributed by atoms with Crippen molar-refractivity contribution in [1.82, 2.24) is 4.90 Å². The molecule has 0 aliphatic carbocycles. The first-order chi connectivity index (χ1) is 17.4. The van der Waals surface area contributed by atoms with Gasteiger partial charge < -0.3 is 23.8 Å². The summed E-state index contributed by atoms with van der Waals surface area (Å²) in [6.45, 7) is 2.39. The van der Waals surface area contributed by atoms with Gasteiger partial charge in [0.1, 0.15) is 11.5 Å². The summed E-state index contributed by atoms with van der Waals surface area (Å²) in [5.74, 6) is 2.38. The molecule has 4 rings (SSSR count). The van der Waals surface area contributed by atoms with Gasteiger partial charge in [-0.05, 0) is 72.5 Å². The van der Waals surface area contributed by atoms with E-state index < -0.39 is 0 Å². The molecular weight excluding hydrogens is 458 g/mol. The molecule has 0 fully saturated rings. The number of benzene rings is 3. The van der Waals surface area contributed by atoms with Gasteiger partial charge in [-0.25, -0.2) is 0 Å². The third kappa shape index (κ3) is 6.24. The van der Waals surface area contributed by atoms with Gasteiger partial charge in [-0.15, -0.1) is 0 Å². The Bertz CT molecular complexity index is 1250. The van der Waals surface area contributed by atoms with Gasteiger partial charge in [0.15, 0.2) is 11.5 Å². The fourth-order valence-corrected chi connectivity index (χ4v) is 3.72. The monoisotopic (exact) mass is 487 g/mol. The van der Waals surface area contributed by atoms with Gasteiger partial charge in [-0.2, -0.15) is 0 Å². The molecule has 0 atom stereocenters. The Morgan fingerprint density at radius 3 is 2.25 bits per heavy atom. The highest BCUT2D eigenvalue weighted by Gasteiger charge is 2.17. The molecule has 3 aromatic carbocycles. The minimum Gasteiger partial charge on any atom is -0.466 e. The lowest BCUT2D eigenvalue weighted by molar-refractivity contribution is -0.143. The van der Waals surface area contributed by atoms with Crippen molar-refractivity contribution in [2.24, 2.45) is 0 Å². The Hall–Kier alpha value is -4.26. The predicted octanol–water partition coefficient (Wildman–Crippen LogP) is 5.33. The third-order valence-electron chi connectivity index (χ3n) is 5.59. The molecule has 0 spiro atoms. The number of carbonyl (C=O) groups excluding carboxylic acids is 2. The Morgan fingerprint density at radius 1 is 0.917 bits per heavy atom. The second-order valence-corrected chi connectivity index (χ2v) is 8.45. The van der Waals surface area contributed by atoms with Crippen molar-refractivity contribution in [2.75, 3.05) is 27.5 Å². The van der Waals surface area contributed by atoms with E-state index >= 15 is 0 Å². The van der Waals surface area contributed by atoms with Crippen LogP contribution in [0.25, 0.3) is 11.6 Å². The molecule has 186 valence electrons. The summed E-state index contributed by atoms with van der Waals surface area (Å²) >= 11 is 0. The number of esters is 1. The normalized spacial score (nSPS) is 12.2. The molecule has 0 aromatic heterocycles. The number of hydrogen-bond acceptors (Lipinski definition) is 6. The average molecular weight is 488 g/mol. The highest BCUT2D eigenvalue weighted by atomic mass is 16.7. The minimum absolute atomic E-state index is 0.111. The van der Waals surface area contributed by atoms with Crippen LogP contribution in [0.3, 0.4) is 0 Å². The van der Waals surface area contributed by atoms with Crippen LogP contribution in [0.5, 0.6) is 23.0 Å². The van der Waals surface area contributed by atoms with Crippen LogP contribution >= 0.6 is 0 Å². The summed E-state index contributed by atoms with van der Waals surface area (Å²) < 4.78 is 21.8. The highest BCUT2D eigenvalue weighted by molar-refractivity contribution is 6.24. The van der Waals surface area contributed by atoms with Crippen molar-refractivity contribution in [3.8, 4) is 23.0 Å². The lowest BCUT2D eigenvalue weighted by Crippen LogP contribution is -2.22. The van der Waals surface area contributed by atoms with Crippen LogP contribution in [0.4, 0.5) is 0 Å². The Labute approximate surface area is 210 Å².